The van der Waals surface area contributed by atoms with Crippen LogP contribution in [0.1, 0.15) is 39.5 Å². The molecule has 78 valence electrons. The third-order valence-corrected chi connectivity index (χ3v) is 3.99. The van der Waals surface area contributed by atoms with E-state index in [9.17, 15) is 4.79 Å². The Morgan fingerprint density at radius 3 is 2.93 bits per heavy atom. The molecule has 0 bridgehead atoms. The molecular weight excluding hydrogens is 174 g/mol. The van der Waals surface area contributed by atoms with Crippen LogP contribution in [0.5, 0.6) is 0 Å². The second-order valence-electron chi connectivity index (χ2n) is 5.06. The van der Waals surface area contributed by atoms with Crippen molar-refractivity contribution in [2.75, 3.05) is 7.05 Å². The second-order valence-corrected chi connectivity index (χ2v) is 5.06. The van der Waals surface area contributed by atoms with Gasteiger partial charge >= 0.3 is 0 Å². The Balaban J connectivity index is 2.35. The summed E-state index contributed by atoms with van der Waals surface area (Å²) in [4.78, 5) is 13.7. The molecule has 2 nitrogen and oxygen atoms in total. The van der Waals surface area contributed by atoms with E-state index in [2.05, 4.69) is 25.8 Å². The number of carbonyl (C=O) groups excluding carboxylic acids is 1. The summed E-state index contributed by atoms with van der Waals surface area (Å²) in [5, 5.41) is 0. The van der Waals surface area contributed by atoms with Crippen LogP contribution in [0, 0.1) is 5.41 Å². The second kappa shape index (κ2) is 3.11. The fraction of sp³-hybridized carbons (Fsp3) is 0.750. The number of rotatable bonds is 0. The molecule has 0 saturated carbocycles. The predicted molar refractivity (Wildman–Crippen MR) is 56.9 cm³/mol. The van der Waals surface area contributed by atoms with Crippen LogP contribution in [-0.4, -0.2) is 23.8 Å². The zero-order valence-electron chi connectivity index (χ0n) is 9.34. The van der Waals surface area contributed by atoms with Crippen LogP contribution >= 0.6 is 0 Å². The maximum atomic E-state index is 11.4. The van der Waals surface area contributed by atoms with Crippen molar-refractivity contribution >= 4 is 5.78 Å². The molecule has 1 fully saturated rings. The molecule has 0 aromatic heterocycles. The summed E-state index contributed by atoms with van der Waals surface area (Å²) in [7, 11) is 2.12. The standard InChI is InChI=1S/C12H19NO/c1-9-4-6-12(2)7-5-10(14)8-11(12)13(9)3/h8-9H,4-7H2,1-3H3/t9-,12+/m1/s1. The van der Waals surface area contributed by atoms with Crippen molar-refractivity contribution in [3.63, 3.8) is 0 Å². The van der Waals surface area contributed by atoms with Gasteiger partial charge in [0.15, 0.2) is 5.78 Å². The van der Waals surface area contributed by atoms with Crippen LogP contribution in [0.25, 0.3) is 0 Å². The van der Waals surface area contributed by atoms with E-state index < -0.39 is 0 Å². The Labute approximate surface area is 86.0 Å². The molecule has 0 aromatic carbocycles. The van der Waals surface area contributed by atoms with Crippen LogP contribution in [0.2, 0.25) is 0 Å². The third kappa shape index (κ3) is 1.37. The third-order valence-electron chi connectivity index (χ3n) is 3.99. The van der Waals surface area contributed by atoms with E-state index in [0.717, 1.165) is 12.8 Å². The normalized spacial score (nSPS) is 37.9. The smallest absolute Gasteiger partial charge is 0.157 e. The number of carbonyl (C=O) groups is 1. The molecular formula is C12H19NO. The van der Waals surface area contributed by atoms with Gasteiger partial charge in [-0.15, -0.1) is 0 Å². The molecule has 1 saturated heterocycles. The van der Waals surface area contributed by atoms with E-state index in [1.165, 1.54) is 18.5 Å². The highest BCUT2D eigenvalue weighted by Gasteiger charge is 2.39. The molecule has 2 heteroatoms. The molecule has 0 spiro atoms. The van der Waals surface area contributed by atoms with Crippen LogP contribution in [0.15, 0.2) is 11.8 Å². The van der Waals surface area contributed by atoms with Crippen LogP contribution in [-0.2, 0) is 4.79 Å². The lowest BCUT2D eigenvalue weighted by atomic mass is 9.70. The molecule has 1 aliphatic carbocycles. The first kappa shape index (κ1) is 9.75. The maximum Gasteiger partial charge on any atom is 0.157 e. The number of allylic oxidation sites excluding steroid dienone is 2. The zero-order valence-corrected chi connectivity index (χ0v) is 9.34. The van der Waals surface area contributed by atoms with Crippen LogP contribution in [0.4, 0.5) is 0 Å². The summed E-state index contributed by atoms with van der Waals surface area (Å²) >= 11 is 0. The van der Waals surface area contributed by atoms with Gasteiger partial charge < -0.3 is 4.90 Å². The summed E-state index contributed by atoms with van der Waals surface area (Å²) in [6.07, 6.45) is 6.13. The SMILES string of the molecule is C[C@@H]1CC[C@@]2(C)CCC(=O)C=C2N1C. The van der Waals surface area contributed by atoms with E-state index in [1.54, 1.807) is 0 Å². The van der Waals surface area contributed by atoms with E-state index >= 15 is 0 Å². The largest absolute Gasteiger partial charge is 0.375 e. The Morgan fingerprint density at radius 2 is 2.21 bits per heavy atom. The highest BCUT2D eigenvalue weighted by Crippen LogP contribution is 2.45. The highest BCUT2D eigenvalue weighted by molar-refractivity contribution is 5.91. The molecule has 2 atom stereocenters. The molecule has 0 radical (unpaired) electrons. The predicted octanol–water partition coefficient (Wildman–Crippen LogP) is 2.35. The van der Waals surface area contributed by atoms with Crippen molar-refractivity contribution in [2.24, 2.45) is 5.41 Å². The molecule has 0 N–H and O–H groups in total. The van der Waals surface area contributed by atoms with E-state index in [1.807, 2.05) is 6.08 Å². The summed E-state index contributed by atoms with van der Waals surface area (Å²) in [6, 6.07) is 0.584. The molecule has 2 rings (SSSR count). The van der Waals surface area contributed by atoms with Gasteiger partial charge in [-0.1, -0.05) is 6.92 Å². The van der Waals surface area contributed by atoms with Crippen LogP contribution < -0.4 is 0 Å². The minimum Gasteiger partial charge on any atom is -0.375 e. The van der Waals surface area contributed by atoms with Crippen molar-refractivity contribution in [1.29, 1.82) is 0 Å². The van der Waals surface area contributed by atoms with Gasteiger partial charge in [-0.25, -0.2) is 0 Å². The Kier molecular flexibility index (Phi) is 2.17. The first-order valence-electron chi connectivity index (χ1n) is 5.51. The van der Waals surface area contributed by atoms with Gasteiger partial charge in [-0.3, -0.25) is 4.79 Å². The van der Waals surface area contributed by atoms with Crippen molar-refractivity contribution in [3.05, 3.63) is 11.8 Å². The summed E-state index contributed by atoms with van der Waals surface area (Å²) < 4.78 is 0. The van der Waals surface area contributed by atoms with E-state index in [-0.39, 0.29) is 5.41 Å². The minimum atomic E-state index is 0.273. The average molecular weight is 193 g/mol. The van der Waals surface area contributed by atoms with Crippen molar-refractivity contribution in [1.82, 2.24) is 4.90 Å². The van der Waals surface area contributed by atoms with Gasteiger partial charge in [-0.2, -0.15) is 0 Å². The Morgan fingerprint density at radius 1 is 1.50 bits per heavy atom. The summed E-state index contributed by atoms with van der Waals surface area (Å²) in [5.41, 5.74) is 1.54. The van der Waals surface area contributed by atoms with E-state index in [4.69, 9.17) is 0 Å². The van der Waals surface area contributed by atoms with Crippen molar-refractivity contribution in [3.8, 4) is 0 Å². The number of ketones is 1. The molecule has 0 unspecified atom stereocenters. The number of hydrogen-bond donors (Lipinski definition) is 0. The lowest BCUT2D eigenvalue weighted by Crippen LogP contribution is -2.44. The number of likely N-dealkylation sites (tertiary alicyclic amines) is 1. The monoisotopic (exact) mass is 193 g/mol. The number of fused-ring (bicyclic) bond motifs is 1. The van der Waals surface area contributed by atoms with Gasteiger partial charge in [0.2, 0.25) is 0 Å². The summed E-state index contributed by atoms with van der Waals surface area (Å²) in [6.45, 7) is 4.53. The summed E-state index contributed by atoms with van der Waals surface area (Å²) in [5.74, 6) is 0.304. The van der Waals surface area contributed by atoms with Crippen molar-refractivity contribution in [2.45, 2.75) is 45.6 Å². The molecule has 0 amide bonds. The molecule has 14 heavy (non-hydrogen) atoms. The van der Waals surface area contributed by atoms with Crippen LogP contribution in [0.3, 0.4) is 0 Å². The minimum absolute atomic E-state index is 0.273. The molecule has 1 heterocycles. The maximum absolute atomic E-state index is 11.4. The number of nitrogens with zero attached hydrogens (tertiary/aromatic N) is 1. The van der Waals surface area contributed by atoms with Crippen molar-refractivity contribution < 1.29 is 4.79 Å². The highest BCUT2D eigenvalue weighted by atomic mass is 16.1. The van der Waals surface area contributed by atoms with E-state index in [0.29, 0.717) is 11.8 Å². The fourth-order valence-electron chi connectivity index (χ4n) is 2.67. The zero-order chi connectivity index (χ0) is 10.3. The first-order chi connectivity index (χ1) is 6.53. The van der Waals surface area contributed by atoms with Gasteiger partial charge in [0.25, 0.3) is 0 Å². The molecule has 2 aliphatic rings. The topological polar surface area (TPSA) is 20.3 Å². The van der Waals surface area contributed by atoms with Gasteiger partial charge in [0, 0.05) is 36.7 Å². The van der Waals surface area contributed by atoms with Gasteiger partial charge in [0.1, 0.15) is 0 Å². The average Bonchev–Trinajstić information content (AvgIpc) is 2.16. The number of piperidine rings is 1. The molecule has 0 aromatic rings. The fourth-order valence-corrected chi connectivity index (χ4v) is 2.67. The number of hydrogen-bond acceptors (Lipinski definition) is 2. The first-order valence-corrected chi connectivity index (χ1v) is 5.51. The lowest BCUT2D eigenvalue weighted by Gasteiger charge is -2.47. The molecule has 1 aliphatic heterocycles. The van der Waals surface area contributed by atoms with Gasteiger partial charge in [0.05, 0.1) is 0 Å². The Bertz CT molecular complexity index is 295. The lowest BCUT2D eigenvalue weighted by molar-refractivity contribution is -0.116. The quantitative estimate of drug-likeness (QED) is 0.588. The van der Waals surface area contributed by atoms with Gasteiger partial charge in [-0.05, 0) is 26.2 Å². The Hall–Kier alpha value is -0.790.